The van der Waals surface area contributed by atoms with Gasteiger partial charge in [-0.15, -0.1) is 0 Å². The molecule has 0 aliphatic carbocycles. The molecule has 0 rings (SSSR count). The first-order valence-corrected chi connectivity index (χ1v) is 5.41. The standard InChI is InChI=1S/C9H21N3.C3H7N/c1-8(11(3)4)6-7-12(5)9(2)10;1-3(2)4/h8H,2,6-7,10H2,1,3-5H3;1,4H2,2H3. The highest BCUT2D eigenvalue weighted by Gasteiger charge is 2.05. The molecule has 4 heteroatoms. The second-order valence-electron chi connectivity index (χ2n) is 4.36. The maximum absolute atomic E-state index is 5.52. The van der Waals surface area contributed by atoms with Gasteiger partial charge in [0.05, 0.1) is 5.82 Å². The van der Waals surface area contributed by atoms with Gasteiger partial charge in [-0.2, -0.15) is 0 Å². The van der Waals surface area contributed by atoms with Crippen molar-refractivity contribution in [1.29, 1.82) is 0 Å². The van der Waals surface area contributed by atoms with Crippen LogP contribution >= 0.6 is 0 Å². The van der Waals surface area contributed by atoms with Gasteiger partial charge in [-0.1, -0.05) is 13.2 Å². The third kappa shape index (κ3) is 12.8. The molecule has 0 saturated carbocycles. The van der Waals surface area contributed by atoms with Gasteiger partial charge in [0.2, 0.25) is 0 Å². The summed E-state index contributed by atoms with van der Waals surface area (Å²) in [5, 5.41) is 0. The Kier molecular flexibility index (Phi) is 9.80. The van der Waals surface area contributed by atoms with Crippen molar-refractivity contribution in [3.05, 3.63) is 24.7 Å². The quantitative estimate of drug-likeness (QED) is 0.741. The third-order valence-corrected chi connectivity index (χ3v) is 2.25. The summed E-state index contributed by atoms with van der Waals surface area (Å²) in [4.78, 5) is 4.17. The smallest absolute Gasteiger partial charge is 0.0909 e. The molecule has 1 atom stereocenters. The van der Waals surface area contributed by atoms with E-state index in [2.05, 4.69) is 39.1 Å². The van der Waals surface area contributed by atoms with E-state index in [0.717, 1.165) is 13.0 Å². The molecule has 0 aromatic heterocycles. The fourth-order valence-electron chi connectivity index (χ4n) is 0.782. The third-order valence-electron chi connectivity index (χ3n) is 2.25. The van der Waals surface area contributed by atoms with Crippen LogP contribution in [-0.4, -0.2) is 43.5 Å². The Hall–Kier alpha value is -1.16. The van der Waals surface area contributed by atoms with Crippen LogP contribution in [0.1, 0.15) is 20.3 Å². The average Bonchev–Trinajstić information content (AvgIpc) is 2.12. The van der Waals surface area contributed by atoms with Crippen molar-refractivity contribution in [2.24, 2.45) is 11.5 Å². The largest absolute Gasteiger partial charge is 0.403 e. The minimum atomic E-state index is 0.590. The van der Waals surface area contributed by atoms with Gasteiger partial charge in [0.15, 0.2) is 0 Å². The van der Waals surface area contributed by atoms with Gasteiger partial charge in [0.1, 0.15) is 0 Å². The van der Waals surface area contributed by atoms with Gasteiger partial charge in [-0.25, -0.2) is 0 Å². The van der Waals surface area contributed by atoms with Gasteiger partial charge in [0, 0.05) is 19.6 Å². The number of hydrogen-bond donors (Lipinski definition) is 2. The summed E-state index contributed by atoms with van der Waals surface area (Å²) in [5.41, 5.74) is 11.1. The van der Waals surface area contributed by atoms with E-state index in [1.165, 1.54) is 0 Å². The number of allylic oxidation sites excluding steroid dienone is 1. The molecule has 0 radical (unpaired) electrons. The average molecular weight is 228 g/mol. The molecule has 0 aliphatic rings. The summed E-state index contributed by atoms with van der Waals surface area (Å²) in [7, 11) is 6.13. The zero-order valence-corrected chi connectivity index (χ0v) is 11.5. The molecule has 0 saturated heterocycles. The molecule has 16 heavy (non-hydrogen) atoms. The zero-order chi connectivity index (χ0) is 13.3. The summed E-state index contributed by atoms with van der Waals surface area (Å²) >= 11 is 0. The van der Waals surface area contributed by atoms with Crippen molar-refractivity contribution in [2.45, 2.75) is 26.3 Å². The molecule has 0 amide bonds. The fraction of sp³-hybridized carbons (Fsp3) is 0.667. The number of nitrogens with zero attached hydrogens (tertiary/aromatic N) is 2. The number of hydrogen-bond acceptors (Lipinski definition) is 4. The predicted molar refractivity (Wildman–Crippen MR) is 72.7 cm³/mol. The molecule has 1 unspecified atom stereocenters. The maximum Gasteiger partial charge on any atom is 0.0909 e. The van der Waals surface area contributed by atoms with Crippen molar-refractivity contribution in [1.82, 2.24) is 9.80 Å². The molecular formula is C12H28N4. The molecule has 0 heterocycles. The van der Waals surface area contributed by atoms with Crippen molar-refractivity contribution < 1.29 is 0 Å². The van der Waals surface area contributed by atoms with Gasteiger partial charge in [-0.3, -0.25) is 0 Å². The molecule has 0 aromatic carbocycles. The van der Waals surface area contributed by atoms with E-state index >= 15 is 0 Å². The minimum Gasteiger partial charge on any atom is -0.403 e. The predicted octanol–water partition coefficient (Wildman–Crippen LogP) is 1.17. The van der Waals surface area contributed by atoms with E-state index in [4.69, 9.17) is 11.5 Å². The second-order valence-corrected chi connectivity index (χ2v) is 4.36. The van der Waals surface area contributed by atoms with Crippen LogP contribution in [0.25, 0.3) is 0 Å². The highest BCUT2D eigenvalue weighted by Crippen LogP contribution is 2.00. The molecule has 96 valence electrons. The molecular weight excluding hydrogens is 200 g/mol. The lowest BCUT2D eigenvalue weighted by atomic mass is 10.2. The van der Waals surface area contributed by atoms with Crippen LogP contribution in [0.5, 0.6) is 0 Å². The van der Waals surface area contributed by atoms with Crippen LogP contribution in [0.2, 0.25) is 0 Å². The van der Waals surface area contributed by atoms with Crippen LogP contribution in [0.4, 0.5) is 0 Å². The van der Waals surface area contributed by atoms with Crippen LogP contribution in [-0.2, 0) is 0 Å². The normalized spacial score (nSPS) is 11.4. The van der Waals surface area contributed by atoms with Crippen molar-refractivity contribution >= 4 is 0 Å². The Morgan fingerprint density at radius 3 is 1.81 bits per heavy atom. The Morgan fingerprint density at radius 2 is 1.56 bits per heavy atom. The van der Waals surface area contributed by atoms with Crippen molar-refractivity contribution in [3.8, 4) is 0 Å². The Bertz CT molecular complexity index is 207. The maximum atomic E-state index is 5.52. The topological polar surface area (TPSA) is 58.5 Å². The molecule has 0 fully saturated rings. The Labute approximate surface area is 101 Å². The van der Waals surface area contributed by atoms with E-state index in [9.17, 15) is 0 Å². The lowest BCUT2D eigenvalue weighted by Crippen LogP contribution is -2.31. The highest BCUT2D eigenvalue weighted by molar-refractivity contribution is 4.84. The highest BCUT2D eigenvalue weighted by atomic mass is 15.2. The van der Waals surface area contributed by atoms with Crippen LogP contribution in [0.15, 0.2) is 24.7 Å². The van der Waals surface area contributed by atoms with Gasteiger partial charge in [-0.05, 0) is 40.1 Å². The van der Waals surface area contributed by atoms with E-state index < -0.39 is 0 Å². The summed E-state index contributed by atoms with van der Waals surface area (Å²) in [6.45, 7) is 11.9. The first kappa shape index (κ1) is 17.2. The molecule has 4 nitrogen and oxygen atoms in total. The first-order chi connectivity index (χ1) is 7.18. The molecule has 0 bridgehead atoms. The lowest BCUT2D eigenvalue weighted by molar-refractivity contribution is 0.269. The zero-order valence-electron chi connectivity index (χ0n) is 11.5. The minimum absolute atomic E-state index is 0.590. The first-order valence-electron chi connectivity index (χ1n) is 5.41. The van der Waals surface area contributed by atoms with Crippen LogP contribution in [0.3, 0.4) is 0 Å². The van der Waals surface area contributed by atoms with Crippen LogP contribution in [0, 0.1) is 0 Å². The summed E-state index contributed by atoms with van der Waals surface area (Å²) in [6.07, 6.45) is 1.11. The van der Waals surface area contributed by atoms with E-state index in [0.29, 0.717) is 17.6 Å². The molecule has 0 aliphatic heterocycles. The Morgan fingerprint density at radius 1 is 1.19 bits per heavy atom. The monoisotopic (exact) mass is 228 g/mol. The summed E-state index contributed by atoms with van der Waals surface area (Å²) in [5.74, 6) is 0.640. The lowest BCUT2D eigenvalue weighted by Gasteiger charge is -2.24. The number of nitrogens with two attached hydrogens (primary N) is 2. The summed E-state index contributed by atoms with van der Waals surface area (Å²) in [6, 6.07) is 0.590. The molecule has 4 N–H and O–H groups in total. The number of rotatable bonds is 5. The van der Waals surface area contributed by atoms with Gasteiger partial charge in [0.25, 0.3) is 0 Å². The molecule has 0 aromatic rings. The summed E-state index contributed by atoms with van der Waals surface area (Å²) < 4.78 is 0. The Balaban J connectivity index is 0. The van der Waals surface area contributed by atoms with E-state index in [-0.39, 0.29) is 0 Å². The molecule has 0 spiro atoms. The SMILES string of the molecule is C=C(C)N.C=C(N)N(C)CCC(C)N(C)C. The second kappa shape index (κ2) is 9.09. The van der Waals surface area contributed by atoms with Crippen LogP contribution < -0.4 is 11.5 Å². The fourth-order valence-corrected chi connectivity index (χ4v) is 0.782. The van der Waals surface area contributed by atoms with E-state index in [1.54, 1.807) is 6.92 Å². The van der Waals surface area contributed by atoms with E-state index in [1.807, 2.05) is 11.9 Å². The van der Waals surface area contributed by atoms with Gasteiger partial charge >= 0.3 is 0 Å². The van der Waals surface area contributed by atoms with Crippen molar-refractivity contribution in [3.63, 3.8) is 0 Å². The van der Waals surface area contributed by atoms with Crippen molar-refractivity contribution in [2.75, 3.05) is 27.7 Å². The van der Waals surface area contributed by atoms with Gasteiger partial charge < -0.3 is 21.3 Å².